The van der Waals surface area contributed by atoms with Crippen molar-refractivity contribution in [3.63, 3.8) is 0 Å². The highest BCUT2D eigenvalue weighted by Gasteiger charge is 2.41. The van der Waals surface area contributed by atoms with Crippen LogP contribution in [0.25, 0.3) is 0 Å². The molecule has 3 aromatic carbocycles. The van der Waals surface area contributed by atoms with Crippen LogP contribution in [-0.4, -0.2) is 63.3 Å². The Labute approximate surface area is 267 Å². The minimum atomic E-state index is -0.978. The number of rotatable bonds is 9. The third-order valence-corrected chi connectivity index (χ3v) is 9.11. The summed E-state index contributed by atoms with van der Waals surface area (Å²) >= 11 is 14.1. The molecule has 1 amide bonds. The summed E-state index contributed by atoms with van der Waals surface area (Å²) in [6.45, 7) is 3.29. The van der Waals surface area contributed by atoms with E-state index in [-0.39, 0.29) is 29.9 Å². The van der Waals surface area contributed by atoms with E-state index in [1.165, 1.54) is 18.7 Å². The van der Waals surface area contributed by atoms with E-state index < -0.39 is 17.3 Å². The summed E-state index contributed by atoms with van der Waals surface area (Å²) in [5.41, 5.74) is 2.70. The minimum absolute atomic E-state index is 0. The summed E-state index contributed by atoms with van der Waals surface area (Å²) in [5.74, 6) is -0.0111. The highest BCUT2D eigenvalue weighted by Crippen LogP contribution is 2.47. The molecule has 0 aliphatic carbocycles. The third kappa shape index (κ3) is 7.85. The van der Waals surface area contributed by atoms with Crippen molar-refractivity contribution in [2.75, 3.05) is 45.7 Å². The summed E-state index contributed by atoms with van der Waals surface area (Å²) in [4.78, 5) is 29.0. The lowest BCUT2D eigenvalue weighted by molar-refractivity contribution is -0.888. The van der Waals surface area contributed by atoms with Gasteiger partial charge in [0.1, 0.15) is 5.75 Å². The number of amides is 1. The van der Waals surface area contributed by atoms with Gasteiger partial charge < -0.3 is 42.8 Å². The number of thioether (sulfide) groups is 1. The lowest BCUT2D eigenvalue weighted by Crippen LogP contribution is -3.00. The number of nitrogens with zero attached hydrogens (tertiary/aromatic N) is 2. The van der Waals surface area contributed by atoms with Gasteiger partial charge in [-0.3, -0.25) is 9.59 Å². The number of benzene rings is 3. The van der Waals surface area contributed by atoms with Crippen LogP contribution >= 0.6 is 35.0 Å². The first kappa shape index (κ1) is 32.5. The molecule has 2 unspecified atom stereocenters. The van der Waals surface area contributed by atoms with E-state index in [4.69, 9.17) is 32.7 Å². The van der Waals surface area contributed by atoms with Gasteiger partial charge in [0.25, 0.3) is 5.91 Å². The predicted octanol–water partition coefficient (Wildman–Crippen LogP) is 3.44. The molecule has 3 aromatic rings. The lowest BCUT2D eigenvalue weighted by atomic mass is 10.1. The number of esters is 1. The molecule has 1 aliphatic rings. The van der Waals surface area contributed by atoms with Crippen LogP contribution in [0.4, 0.5) is 5.69 Å². The molecule has 10 heteroatoms. The first-order chi connectivity index (χ1) is 18.6. The highest BCUT2D eigenvalue weighted by atomic mass is 127. The van der Waals surface area contributed by atoms with Gasteiger partial charge in [-0.2, -0.15) is 0 Å². The van der Waals surface area contributed by atoms with Gasteiger partial charge in [-0.15, -0.1) is 11.8 Å². The Kier molecular flexibility index (Phi) is 11.6. The van der Waals surface area contributed by atoms with E-state index in [1.807, 2.05) is 60.7 Å². The maximum absolute atomic E-state index is 14.1. The number of anilines is 1. The van der Waals surface area contributed by atoms with Crippen LogP contribution in [0, 0.1) is 0 Å². The molecule has 1 heterocycles. The molecule has 0 fully saturated rings. The SMILES string of the molecule is COc1ccc(C2Sc3ccccc3N(CC[N+](C)(C)CCc3cccc(Cl)c3Cl)C(=O)C2OC(C)=O)cc1.[I-]. The number of fused-ring (bicyclic) bond motifs is 1. The van der Waals surface area contributed by atoms with E-state index in [2.05, 4.69) is 14.1 Å². The summed E-state index contributed by atoms with van der Waals surface area (Å²) in [7, 11) is 5.87. The number of hydrogen-bond donors (Lipinski definition) is 0. The summed E-state index contributed by atoms with van der Waals surface area (Å²) in [6.07, 6.45) is -0.225. The minimum Gasteiger partial charge on any atom is -1.00 e. The van der Waals surface area contributed by atoms with Gasteiger partial charge in [-0.1, -0.05) is 59.6 Å². The zero-order chi connectivity index (χ0) is 28.2. The van der Waals surface area contributed by atoms with Crippen molar-refractivity contribution < 1.29 is 47.5 Å². The molecular weight excluding hydrogens is 682 g/mol. The van der Waals surface area contributed by atoms with Crippen molar-refractivity contribution in [1.29, 1.82) is 0 Å². The van der Waals surface area contributed by atoms with Crippen molar-refractivity contribution in [3.8, 4) is 5.75 Å². The Morgan fingerprint density at radius 2 is 1.70 bits per heavy atom. The number of para-hydroxylation sites is 1. The topological polar surface area (TPSA) is 55.8 Å². The fraction of sp³-hybridized carbons (Fsp3) is 0.333. The number of quaternary nitrogens is 1. The highest BCUT2D eigenvalue weighted by molar-refractivity contribution is 7.99. The first-order valence-corrected chi connectivity index (χ1v) is 14.4. The molecule has 0 aromatic heterocycles. The first-order valence-electron chi connectivity index (χ1n) is 12.7. The molecule has 40 heavy (non-hydrogen) atoms. The third-order valence-electron chi connectivity index (χ3n) is 6.88. The van der Waals surface area contributed by atoms with E-state index >= 15 is 0 Å². The number of carbonyl (C=O) groups is 2. The number of methoxy groups -OCH3 is 1. The second kappa shape index (κ2) is 14.3. The number of likely N-dealkylation sites (N-methyl/N-ethyl adjacent to an activating group) is 1. The largest absolute Gasteiger partial charge is 1.00 e. The monoisotopic (exact) mass is 714 g/mol. The van der Waals surface area contributed by atoms with Crippen LogP contribution in [0.2, 0.25) is 10.0 Å². The maximum atomic E-state index is 14.1. The fourth-order valence-electron chi connectivity index (χ4n) is 4.59. The zero-order valence-corrected chi connectivity index (χ0v) is 27.4. The molecule has 0 bridgehead atoms. The van der Waals surface area contributed by atoms with E-state index in [0.717, 1.165) is 34.7 Å². The molecule has 2 atom stereocenters. The van der Waals surface area contributed by atoms with E-state index in [0.29, 0.717) is 33.4 Å². The number of halogens is 3. The van der Waals surface area contributed by atoms with Crippen molar-refractivity contribution in [3.05, 3.63) is 87.9 Å². The van der Waals surface area contributed by atoms with Gasteiger partial charge in [-0.05, 0) is 41.5 Å². The Balaban J connectivity index is 0.00000441. The molecule has 214 valence electrons. The summed E-state index contributed by atoms with van der Waals surface area (Å²) in [6, 6.07) is 21.1. The van der Waals surface area contributed by atoms with Gasteiger partial charge in [0.05, 0.1) is 61.8 Å². The van der Waals surface area contributed by atoms with Crippen LogP contribution < -0.4 is 33.6 Å². The molecule has 0 radical (unpaired) electrons. The maximum Gasteiger partial charge on any atom is 0.303 e. The van der Waals surface area contributed by atoms with Crippen molar-refractivity contribution in [2.45, 2.75) is 29.6 Å². The molecule has 0 N–H and O–H groups in total. The molecule has 0 spiro atoms. The molecule has 0 saturated carbocycles. The van der Waals surface area contributed by atoms with Crippen LogP contribution in [0.1, 0.15) is 23.3 Å². The Bertz CT molecular complexity index is 1340. The van der Waals surface area contributed by atoms with Gasteiger partial charge >= 0.3 is 5.97 Å². The Hall–Kier alpha value is -1.98. The molecule has 0 saturated heterocycles. The standard InChI is InChI=1S/C30H33Cl2N2O4S.HI/c1-20(35)38-28-29(22-12-14-23(37-4)15-13-22)39-26-11-6-5-10-25(26)33(30(28)36)17-19-34(2,3)18-16-21-8-7-9-24(31)27(21)32;/h5-15,28-29H,16-19H2,1-4H3;1H/q+1;/p-1. The second-order valence-corrected chi connectivity index (χ2v) is 12.1. The van der Waals surface area contributed by atoms with Gasteiger partial charge in [-0.25, -0.2) is 0 Å². The van der Waals surface area contributed by atoms with Crippen LogP contribution in [-0.2, 0) is 20.7 Å². The van der Waals surface area contributed by atoms with E-state index in [9.17, 15) is 9.59 Å². The molecule has 6 nitrogen and oxygen atoms in total. The molecule has 4 rings (SSSR count). The Morgan fingerprint density at radius 3 is 2.38 bits per heavy atom. The lowest BCUT2D eigenvalue weighted by Gasteiger charge is -2.34. The Morgan fingerprint density at radius 1 is 1.00 bits per heavy atom. The van der Waals surface area contributed by atoms with Gasteiger partial charge in [0.15, 0.2) is 6.10 Å². The van der Waals surface area contributed by atoms with Crippen LogP contribution in [0.15, 0.2) is 71.6 Å². The van der Waals surface area contributed by atoms with Crippen molar-refractivity contribution in [1.82, 2.24) is 0 Å². The number of carbonyl (C=O) groups excluding carboxylic acids is 2. The number of hydrogen-bond acceptors (Lipinski definition) is 5. The van der Waals surface area contributed by atoms with E-state index in [1.54, 1.807) is 18.1 Å². The smallest absolute Gasteiger partial charge is 0.303 e. The van der Waals surface area contributed by atoms with Crippen LogP contribution in [0.5, 0.6) is 5.75 Å². The van der Waals surface area contributed by atoms with Crippen LogP contribution in [0.3, 0.4) is 0 Å². The molecular formula is C30H33Cl2IN2O4S. The van der Waals surface area contributed by atoms with Gasteiger partial charge in [0, 0.05) is 18.2 Å². The summed E-state index contributed by atoms with van der Waals surface area (Å²) in [5, 5.41) is 0.721. The summed E-state index contributed by atoms with van der Waals surface area (Å²) < 4.78 is 11.7. The van der Waals surface area contributed by atoms with Gasteiger partial charge in [0.2, 0.25) is 0 Å². The second-order valence-electron chi connectivity index (χ2n) is 10.1. The molecule has 1 aliphatic heterocycles. The fourth-order valence-corrected chi connectivity index (χ4v) is 6.32. The normalized spacial score (nSPS) is 16.9. The zero-order valence-electron chi connectivity index (χ0n) is 22.9. The average molecular weight is 715 g/mol. The number of ether oxygens (including phenoxy) is 2. The van der Waals surface area contributed by atoms with Crippen molar-refractivity contribution in [2.24, 2.45) is 0 Å². The average Bonchev–Trinajstić information content (AvgIpc) is 3.02. The van der Waals surface area contributed by atoms with Crippen molar-refractivity contribution >= 4 is 52.5 Å². The quantitative estimate of drug-likeness (QED) is 0.193. The predicted molar refractivity (Wildman–Crippen MR) is 158 cm³/mol.